The first-order chi connectivity index (χ1) is 14.2. The number of anilines is 1. The van der Waals surface area contributed by atoms with Gasteiger partial charge in [-0.3, -0.25) is 4.79 Å². The minimum atomic E-state index is -0.248. The number of hydrogen-bond acceptors (Lipinski definition) is 6. The molecule has 4 rings (SSSR count). The van der Waals surface area contributed by atoms with E-state index in [9.17, 15) is 9.18 Å². The summed E-state index contributed by atoms with van der Waals surface area (Å²) in [5.41, 5.74) is 1.01. The Kier molecular flexibility index (Phi) is 5.73. The number of hydrogen-bond donors (Lipinski definition) is 1. The van der Waals surface area contributed by atoms with E-state index in [1.165, 1.54) is 18.5 Å². The van der Waals surface area contributed by atoms with Crippen molar-refractivity contribution in [1.82, 2.24) is 30.3 Å². The minimum Gasteiger partial charge on any atom is -0.356 e. The number of benzene rings is 1. The average molecular weight is 395 g/mol. The number of nitrogens with zero attached hydrogens (tertiary/aromatic N) is 6. The van der Waals surface area contributed by atoms with Crippen molar-refractivity contribution < 1.29 is 9.18 Å². The van der Waals surface area contributed by atoms with Crippen molar-refractivity contribution in [3.8, 4) is 5.82 Å². The molecule has 3 aromatic rings. The number of carbonyl (C=O) groups excluding carboxylic acids is 1. The molecule has 0 aliphatic carbocycles. The monoisotopic (exact) mass is 395 g/mol. The van der Waals surface area contributed by atoms with Crippen LogP contribution < -0.4 is 10.2 Å². The number of piperidine rings is 1. The molecular formula is C20H22FN7O. The standard InChI is InChI=1S/C20H22FN7O/c21-17-3-1-15(2-4-17)7-10-23-20(29)16-8-11-27(12-9-16)18-5-6-19(26-25-18)28-14-22-13-24-28/h1-6,13-14,16H,7-12H2,(H,23,29). The Hall–Kier alpha value is -3.36. The first-order valence-electron chi connectivity index (χ1n) is 9.65. The fourth-order valence-electron chi connectivity index (χ4n) is 3.43. The molecule has 150 valence electrons. The molecule has 1 aliphatic rings. The molecule has 0 bridgehead atoms. The molecule has 0 radical (unpaired) electrons. The Morgan fingerprint density at radius 2 is 1.79 bits per heavy atom. The summed E-state index contributed by atoms with van der Waals surface area (Å²) >= 11 is 0. The fourth-order valence-corrected chi connectivity index (χ4v) is 3.43. The van der Waals surface area contributed by atoms with Crippen molar-refractivity contribution in [2.45, 2.75) is 19.3 Å². The maximum atomic E-state index is 12.9. The second kappa shape index (κ2) is 8.76. The SMILES string of the molecule is O=C(NCCc1ccc(F)cc1)C1CCN(c2ccc(-n3cncn3)nn2)CC1. The second-order valence-electron chi connectivity index (χ2n) is 7.02. The lowest BCUT2D eigenvalue weighted by molar-refractivity contribution is -0.125. The predicted octanol–water partition coefficient (Wildman–Crippen LogP) is 1.77. The number of halogens is 1. The van der Waals surface area contributed by atoms with Gasteiger partial charge in [0.15, 0.2) is 11.6 Å². The summed E-state index contributed by atoms with van der Waals surface area (Å²) < 4.78 is 14.5. The van der Waals surface area contributed by atoms with Crippen molar-refractivity contribution in [2.75, 3.05) is 24.5 Å². The fraction of sp³-hybridized carbons (Fsp3) is 0.350. The zero-order valence-electron chi connectivity index (χ0n) is 15.9. The largest absolute Gasteiger partial charge is 0.356 e. The summed E-state index contributed by atoms with van der Waals surface area (Å²) in [6.07, 6.45) is 5.26. The van der Waals surface area contributed by atoms with Crippen LogP contribution in [0.1, 0.15) is 18.4 Å². The maximum absolute atomic E-state index is 12.9. The highest BCUT2D eigenvalue weighted by molar-refractivity contribution is 5.79. The summed E-state index contributed by atoms with van der Waals surface area (Å²) in [4.78, 5) is 18.5. The molecule has 0 unspecified atom stereocenters. The Labute approximate surface area is 167 Å². The highest BCUT2D eigenvalue weighted by atomic mass is 19.1. The van der Waals surface area contributed by atoms with Crippen LogP contribution in [-0.4, -0.2) is 50.5 Å². The van der Waals surface area contributed by atoms with Crippen LogP contribution in [-0.2, 0) is 11.2 Å². The van der Waals surface area contributed by atoms with E-state index in [-0.39, 0.29) is 17.6 Å². The smallest absolute Gasteiger partial charge is 0.223 e. The van der Waals surface area contributed by atoms with Gasteiger partial charge in [-0.2, -0.15) is 5.10 Å². The van der Waals surface area contributed by atoms with Gasteiger partial charge in [0.25, 0.3) is 0 Å². The minimum absolute atomic E-state index is 0.00171. The zero-order valence-corrected chi connectivity index (χ0v) is 15.9. The van der Waals surface area contributed by atoms with E-state index >= 15 is 0 Å². The van der Waals surface area contributed by atoms with Gasteiger partial charge in [0.1, 0.15) is 18.5 Å². The topological polar surface area (TPSA) is 88.8 Å². The molecule has 0 saturated carbocycles. The van der Waals surface area contributed by atoms with Gasteiger partial charge in [-0.15, -0.1) is 10.2 Å². The second-order valence-corrected chi connectivity index (χ2v) is 7.02. The molecule has 1 aromatic carbocycles. The summed E-state index contributed by atoms with van der Waals surface area (Å²) in [5.74, 6) is 1.24. The third-order valence-corrected chi connectivity index (χ3v) is 5.11. The Bertz CT molecular complexity index is 920. The van der Waals surface area contributed by atoms with Crippen molar-refractivity contribution in [1.29, 1.82) is 0 Å². The van der Waals surface area contributed by atoms with Crippen LogP contribution in [0, 0.1) is 11.7 Å². The first-order valence-corrected chi connectivity index (χ1v) is 9.65. The molecule has 8 nitrogen and oxygen atoms in total. The van der Waals surface area contributed by atoms with E-state index < -0.39 is 0 Å². The van der Waals surface area contributed by atoms with E-state index in [2.05, 4.69) is 30.5 Å². The van der Waals surface area contributed by atoms with Crippen molar-refractivity contribution in [3.05, 3.63) is 60.4 Å². The van der Waals surface area contributed by atoms with Crippen LogP contribution in [0.2, 0.25) is 0 Å². The molecule has 1 fully saturated rings. The van der Waals surface area contributed by atoms with Crippen LogP contribution in [0.15, 0.2) is 49.1 Å². The lowest BCUT2D eigenvalue weighted by Crippen LogP contribution is -2.41. The molecule has 0 atom stereocenters. The van der Waals surface area contributed by atoms with Crippen molar-refractivity contribution >= 4 is 11.7 Å². The Morgan fingerprint density at radius 3 is 2.45 bits per heavy atom. The molecule has 1 amide bonds. The van der Waals surface area contributed by atoms with E-state index in [1.54, 1.807) is 23.1 Å². The summed E-state index contributed by atoms with van der Waals surface area (Å²) in [6.45, 7) is 2.07. The molecule has 29 heavy (non-hydrogen) atoms. The molecule has 1 saturated heterocycles. The predicted molar refractivity (Wildman–Crippen MR) is 105 cm³/mol. The molecule has 9 heteroatoms. The van der Waals surface area contributed by atoms with Crippen molar-refractivity contribution in [3.63, 3.8) is 0 Å². The Morgan fingerprint density at radius 1 is 1.07 bits per heavy atom. The van der Waals surface area contributed by atoms with E-state index in [1.807, 2.05) is 12.1 Å². The van der Waals surface area contributed by atoms with Crippen molar-refractivity contribution in [2.24, 2.45) is 5.92 Å². The number of rotatable bonds is 6. The molecular weight excluding hydrogens is 373 g/mol. The average Bonchev–Trinajstić information content (AvgIpc) is 3.30. The highest BCUT2D eigenvalue weighted by Gasteiger charge is 2.25. The number of nitrogens with one attached hydrogen (secondary N) is 1. The van der Waals surface area contributed by atoms with E-state index in [0.29, 0.717) is 18.8 Å². The van der Waals surface area contributed by atoms with Gasteiger partial charge in [0.05, 0.1) is 0 Å². The third-order valence-electron chi connectivity index (χ3n) is 5.11. The number of amides is 1. The van der Waals surface area contributed by atoms with Crippen LogP contribution >= 0.6 is 0 Å². The van der Waals surface area contributed by atoms with Gasteiger partial charge in [0, 0.05) is 25.6 Å². The van der Waals surface area contributed by atoms with E-state index in [4.69, 9.17) is 0 Å². The summed E-state index contributed by atoms with van der Waals surface area (Å²) in [6, 6.07) is 10.1. The van der Waals surface area contributed by atoms with Gasteiger partial charge in [-0.05, 0) is 49.1 Å². The normalized spacial score (nSPS) is 14.7. The van der Waals surface area contributed by atoms with Crippen LogP contribution in [0.5, 0.6) is 0 Å². The molecule has 0 spiro atoms. The van der Waals surface area contributed by atoms with Crippen LogP contribution in [0.3, 0.4) is 0 Å². The molecule has 1 N–H and O–H groups in total. The Balaban J connectivity index is 1.23. The quantitative estimate of drug-likeness (QED) is 0.684. The summed E-state index contributed by atoms with van der Waals surface area (Å²) in [7, 11) is 0. The highest BCUT2D eigenvalue weighted by Crippen LogP contribution is 2.22. The lowest BCUT2D eigenvalue weighted by atomic mass is 9.96. The number of aromatic nitrogens is 5. The number of carbonyl (C=O) groups is 1. The van der Waals surface area contributed by atoms with Crippen LogP contribution in [0.25, 0.3) is 5.82 Å². The van der Waals surface area contributed by atoms with Gasteiger partial charge in [-0.25, -0.2) is 14.1 Å². The zero-order chi connectivity index (χ0) is 20.1. The summed E-state index contributed by atoms with van der Waals surface area (Å²) in [5, 5.41) is 15.5. The van der Waals surface area contributed by atoms with Gasteiger partial charge in [0.2, 0.25) is 5.91 Å². The van der Waals surface area contributed by atoms with Gasteiger partial charge in [-0.1, -0.05) is 12.1 Å². The molecule has 1 aliphatic heterocycles. The maximum Gasteiger partial charge on any atom is 0.223 e. The van der Waals surface area contributed by atoms with Gasteiger partial charge < -0.3 is 10.2 Å². The molecule has 2 aromatic heterocycles. The third kappa shape index (κ3) is 4.74. The van der Waals surface area contributed by atoms with Gasteiger partial charge >= 0.3 is 0 Å². The lowest BCUT2D eigenvalue weighted by Gasteiger charge is -2.31. The molecule has 3 heterocycles. The first kappa shape index (κ1) is 19.0. The van der Waals surface area contributed by atoms with Crippen LogP contribution in [0.4, 0.5) is 10.2 Å². The van der Waals surface area contributed by atoms with E-state index in [0.717, 1.165) is 37.3 Å².